The van der Waals surface area contributed by atoms with E-state index in [9.17, 15) is 14.0 Å². The number of halogens is 1. The van der Waals surface area contributed by atoms with Crippen LogP contribution in [0.2, 0.25) is 0 Å². The highest BCUT2D eigenvalue weighted by Gasteiger charge is 2.40. The number of rotatable bonds is 7. The Labute approximate surface area is 224 Å². The van der Waals surface area contributed by atoms with Crippen LogP contribution in [0.4, 0.5) is 15.9 Å². The molecule has 3 unspecified atom stereocenters. The van der Waals surface area contributed by atoms with Crippen molar-refractivity contribution in [2.75, 3.05) is 25.0 Å². The Balaban J connectivity index is 1.41. The molecule has 1 aliphatic carbocycles. The number of carbonyl (C=O) groups excluding carboxylic acids is 2. The minimum Gasteiger partial charge on any atom is -0.343 e. The lowest BCUT2D eigenvalue weighted by Gasteiger charge is -2.35. The summed E-state index contributed by atoms with van der Waals surface area (Å²) in [6, 6.07) is 5.81. The summed E-state index contributed by atoms with van der Waals surface area (Å²) in [5.41, 5.74) is 2.77. The summed E-state index contributed by atoms with van der Waals surface area (Å²) in [5, 5.41) is 6.09. The summed E-state index contributed by atoms with van der Waals surface area (Å²) in [6.07, 6.45) is 7.73. The maximum atomic E-state index is 14.1. The van der Waals surface area contributed by atoms with Crippen molar-refractivity contribution < 1.29 is 14.0 Å². The topological polar surface area (TPSA) is 90.5 Å². The first-order valence-electron chi connectivity index (χ1n) is 14.1. The van der Waals surface area contributed by atoms with E-state index in [0.717, 1.165) is 74.3 Å². The van der Waals surface area contributed by atoms with Gasteiger partial charge in [-0.05, 0) is 82.7 Å². The zero-order chi connectivity index (χ0) is 26.8. The fourth-order valence-corrected chi connectivity index (χ4v) is 6.27. The van der Waals surface area contributed by atoms with Gasteiger partial charge in [0.2, 0.25) is 11.8 Å². The van der Waals surface area contributed by atoms with Gasteiger partial charge in [0.05, 0.1) is 17.8 Å². The minimum absolute atomic E-state index is 0.00383. The van der Waals surface area contributed by atoms with Crippen LogP contribution in [-0.2, 0) is 16.0 Å². The molecule has 3 atom stereocenters. The van der Waals surface area contributed by atoms with Crippen LogP contribution >= 0.6 is 0 Å². The smallest absolute Gasteiger partial charge is 0.246 e. The van der Waals surface area contributed by atoms with Gasteiger partial charge in [-0.1, -0.05) is 19.3 Å². The summed E-state index contributed by atoms with van der Waals surface area (Å²) in [4.78, 5) is 40.5. The monoisotopic (exact) mass is 522 g/mol. The molecule has 3 heterocycles. The second kappa shape index (κ2) is 11.4. The summed E-state index contributed by atoms with van der Waals surface area (Å²) in [7, 11) is 1.75. The van der Waals surface area contributed by atoms with Gasteiger partial charge < -0.3 is 20.4 Å². The summed E-state index contributed by atoms with van der Waals surface area (Å²) in [6.45, 7) is 5.06. The summed E-state index contributed by atoms with van der Waals surface area (Å²) < 4.78 is 13.8. The number of anilines is 2. The van der Waals surface area contributed by atoms with Crippen LogP contribution < -0.4 is 15.5 Å². The normalized spacial score (nSPS) is 21.3. The van der Waals surface area contributed by atoms with Gasteiger partial charge in [-0.15, -0.1) is 0 Å². The van der Waals surface area contributed by atoms with Gasteiger partial charge in [0, 0.05) is 24.8 Å². The molecule has 38 heavy (non-hydrogen) atoms. The molecular weight excluding hydrogens is 483 g/mol. The van der Waals surface area contributed by atoms with Gasteiger partial charge in [0.1, 0.15) is 23.5 Å². The predicted octanol–water partition coefficient (Wildman–Crippen LogP) is 3.95. The van der Waals surface area contributed by atoms with Crippen molar-refractivity contribution >= 4 is 23.3 Å². The van der Waals surface area contributed by atoms with Gasteiger partial charge in [-0.25, -0.2) is 14.4 Å². The summed E-state index contributed by atoms with van der Waals surface area (Å²) >= 11 is 0. The van der Waals surface area contributed by atoms with Crippen molar-refractivity contribution in [2.45, 2.75) is 83.3 Å². The van der Waals surface area contributed by atoms with Crippen LogP contribution in [0, 0.1) is 18.7 Å². The summed E-state index contributed by atoms with van der Waals surface area (Å²) in [5.74, 6) is 1.19. The van der Waals surface area contributed by atoms with Gasteiger partial charge in [0.15, 0.2) is 0 Å². The van der Waals surface area contributed by atoms with E-state index in [1.165, 1.54) is 12.5 Å². The van der Waals surface area contributed by atoms with E-state index in [1.54, 1.807) is 13.1 Å². The Bertz CT molecular complexity index is 1180. The maximum Gasteiger partial charge on any atom is 0.246 e. The van der Waals surface area contributed by atoms with Crippen molar-refractivity contribution in [1.82, 2.24) is 25.5 Å². The van der Waals surface area contributed by atoms with Crippen molar-refractivity contribution in [3.63, 3.8) is 0 Å². The van der Waals surface area contributed by atoms with Crippen molar-refractivity contribution in [3.8, 4) is 0 Å². The van der Waals surface area contributed by atoms with Crippen molar-refractivity contribution in [1.29, 1.82) is 0 Å². The molecule has 2 N–H and O–H groups in total. The molecule has 2 amide bonds. The van der Waals surface area contributed by atoms with E-state index in [-0.39, 0.29) is 35.6 Å². The molecule has 5 rings (SSSR count). The number of nitrogens with one attached hydrogen (secondary N) is 2. The Morgan fingerprint density at radius 2 is 1.84 bits per heavy atom. The lowest BCUT2D eigenvalue weighted by molar-refractivity contribution is -0.139. The molecule has 2 aromatic rings. The number of likely N-dealkylation sites (N-methyl/N-ethyl adjacent to an activating group) is 1. The number of benzene rings is 1. The van der Waals surface area contributed by atoms with Gasteiger partial charge in [-0.3, -0.25) is 9.59 Å². The van der Waals surface area contributed by atoms with E-state index >= 15 is 0 Å². The fourth-order valence-electron chi connectivity index (χ4n) is 6.27. The molecule has 1 aromatic heterocycles. The third-order valence-corrected chi connectivity index (χ3v) is 8.45. The highest BCUT2D eigenvalue weighted by molar-refractivity contribution is 5.90. The largest absolute Gasteiger partial charge is 0.343 e. The molecule has 8 nitrogen and oxygen atoms in total. The number of nitrogens with zero attached hydrogens (tertiary/aromatic N) is 4. The van der Waals surface area contributed by atoms with Crippen molar-refractivity contribution in [2.24, 2.45) is 5.92 Å². The number of hydrogen-bond acceptors (Lipinski definition) is 6. The zero-order valence-corrected chi connectivity index (χ0v) is 22.7. The quantitative estimate of drug-likeness (QED) is 0.572. The number of amides is 2. The molecule has 2 aliphatic heterocycles. The number of fused-ring (bicyclic) bond motifs is 1. The molecule has 0 bridgehead atoms. The van der Waals surface area contributed by atoms with E-state index < -0.39 is 6.04 Å². The average Bonchev–Trinajstić information content (AvgIpc) is 3.58. The fraction of sp³-hybridized carbons (Fsp3) is 0.586. The lowest BCUT2D eigenvalue weighted by atomic mass is 9.83. The first-order chi connectivity index (χ1) is 18.4. The minimum atomic E-state index is -0.526. The standard InChI is InChI=1S/C29H39FN6O2/c1-18(31-3)28(37)34-27(20-8-5-4-6-9-20)29(38)36-14-7-10-25(36)23-17-26(33-19(2)32-23)35-15-13-21-16-22(30)11-12-24(21)35/h11-12,16-18,20,25,27,31H,4-10,13-15H2,1-3H3,(H,34,37). The van der Waals surface area contributed by atoms with Gasteiger partial charge in [-0.2, -0.15) is 0 Å². The predicted molar refractivity (Wildman–Crippen MR) is 145 cm³/mol. The van der Waals surface area contributed by atoms with Crippen molar-refractivity contribution in [3.05, 3.63) is 47.2 Å². The van der Waals surface area contributed by atoms with Gasteiger partial charge in [0.25, 0.3) is 0 Å². The molecule has 1 saturated carbocycles. The number of aromatic nitrogens is 2. The highest BCUT2D eigenvalue weighted by Crippen LogP contribution is 2.38. The first kappa shape index (κ1) is 26.5. The van der Waals surface area contributed by atoms with Gasteiger partial charge >= 0.3 is 0 Å². The van der Waals surface area contributed by atoms with E-state index in [1.807, 2.05) is 30.9 Å². The molecule has 204 valence electrons. The molecule has 3 aliphatic rings. The number of carbonyl (C=O) groups is 2. The van der Waals surface area contributed by atoms with Crippen LogP contribution in [0.15, 0.2) is 24.3 Å². The van der Waals surface area contributed by atoms with Crippen LogP contribution in [0.1, 0.15) is 75.0 Å². The van der Waals surface area contributed by atoms with E-state index in [2.05, 4.69) is 15.5 Å². The number of hydrogen-bond donors (Lipinski definition) is 2. The van der Waals surface area contributed by atoms with Crippen LogP contribution in [-0.4, -0.2) is 58.9 Å². The van der Waals surface area contributed by atoms with Crippen LogP contribution in [0.5, 0.6) is 0 Å². The molecule has 9 heteroatoms. The molecule has 1 aromatic carbocycles. The Hall–Kier alpha value is -3.07. The molecule has 0 radical (unpaired) electrons. The Morgan fingerprint density at radius 3 is 2.61 bits per heavy atom. The van der Waals surface area contributed by atoms with E-state index in [4.69, 9.17) is 9.97 Å². The average molecular weight is 523 g/mol. The molecular formula is C29H39FN6O2. The van der Waals surface area contributed by atoms with E-state index in [0.29, 0.717) is 12.4 Å². The second-order valence-corrected chi connectivity index (χ2v) is 11.0. The SMILES string of the molecule is CNC(C)C(=O)NC(C(=O)N1CCCC1c1cc(N2CCc3cc(F)ccc32)nc(C)n1)C1CCCCC1. The third-order valence-electron chi connectivity index (χ3n) is 8.45. The maximum absolute atomic E-state index is 14.1. The Kier molecular flexibility index (Phi) is 7.93. The number of likely N-dealkylation sites (tertiary alicyclic amines) is 1. The molecule has 0 spiro atoms. The lowest BCUT2D eigenvalue weighted by Crippen LogP contribution is -2.55. The van der Waals surface area contributed by atoms with Crippen LogP contribution in [0.3, 0.4) is 0 Å². The van der Waals surface area contributed by atoms with Crippen LogP contribution in [0.25, 0.3) is 0 Å². The number of aryl methyl sites for hydroxylation is 1. The third kappa shape index (κ3) is 5.39. The second-order valence-electron chi connectivity index (χ2n) is 11.0. The zero-order valence-electron chi connectivity index (χ0n) is 22.7. The molecule has 2 fully saturated rings. The molecule has 1 saturated heterocycles. The Morgan fingerprint density at radius 1 is 1.05 bits per heavy atom. The first-order valence-corrected chi connectivity index (χ1v) is 14.1. The highest BCUT2D eigenvalue weighted by atomic mass is 19.1.